The minimum atomic E-state index is -1.14. The van der Waals surface area contributed by atoms with Crippen LogP contribution in [0.25, 0.3) is 0 Å². The van der Waals surface area contributed by atoms with Gasteiger partial charge in [-0.1, -0.05) is 43.7 Å². The molecule has 0 saturated heterocycles. The summed E-state index contributed by atoms with van der Waals surface area (Å²) in [5.74, 6) is -1.24. The number of carbonyl (C=O) groups is 3. The van der Waals surface area contributed by atoms with Gasteiger partial charge in [0.1, 0.15) is 18.2 Å². The molecule has 0 bridgehead atoms. The fourth-order valence-corrected chi connectivity index (χ4v) is 4.97. The Morgan fingerprint density at radius 1 is 1.20 bits per heavy atom. The molecule has 1 aliphatic carbocycles. The maximum Gasteiger partial charge on any atom is 0.329 e. The van der Waals surface area contributed by atoms with Gasteiger partial charge >= 0.3 is 5.97 Å². The Bertz CT molecular complexity index is 910. The Balaban J connectivity index is 1.77. The van der Waals surface area contributed by atoms with E-state index >= 15 is 0 Å². The van der Waals surface area contributed by atoms with Crippen LogP contribution >= 0.6 is 11.3 Å². The fourth-order valence-electron chi connectivity index (χ4n) is 3.59. The lowest BCUT2D eigenvalue weighted by Crippen LogP contribution is -2.27. The summed E-state index contributed by atoms with van der Waals surface area (Å²) in [6, 6.07) is 9.64. The Kier molecular flexibility index (Phi) is 7.59. The first-order chi connectivity index (χ1) is 14.5. The van der Waals surface area contributed by atoms with Crippen LogP contribution < -0.4 is 10.6 Å². The summed E-state index contributed by atoms with van der Waals surface area (Å²) in [4.78, 5) is 37.0. The summed E-state index contributed by atoms with van der Waals surface area (Å²) in [6.07, 6.45) is 3.82. The molecule has 1 atom stereocenters. The van der Waals surface area contributed by atoms with E-state index in [0.29, 0.717) is 23.0 Å². The molecule has 2 amide bonds. The lowest BCUT2D eigenvalue weighted by atomic mass is 9.85. The van der Waals surface area contributed by atoms with Crippen molar-refractivity contribution in [2.45, 2.75) is 39.2 Å². The average molecular weight is 431 g/mol. The molecule has 1 heterocycles. The molecule has 1 aromatic heterocycles. The summed E-state index contributed by atoms with van der Waals surface area (Å²) >= 11 is 1.43. The second kappa shape index (κ2) is 10.4. The number of benzene rings is 1. The molecular formula is C22H26N2O5S. The maximum absolute atomic E-state index is 13.0. The number of nitrogens with one attached hydrogen (secondary N) is 2. The van der Waals surface area contributed by atoms with Crippen molar-refractivity contribution in [1.29, 1.82) is 0 Å². The second-order valence-electron chi connectivity index (χ2n) is 7.33. The third-order valence-electron chi connectivity index (χ3n) is 5.18. The first kappa shape index (κ1) is 22.0. The van der Waals surface area contributed by atoms with Crippen molar-refractivity contribution in [2.24, 2.45) is 5.92 Å². The van der Waals surface area contributed by atoms with E-state index < -0.39 is 18.5 Å². The van der Waals surface area contributed by atoms with Crippen molar-refractivity contribution in [2.75, 3.05) is 18.5 Å². The van der Waals surface area contributed by atoms with E-state index in [1.165, 1.54) is 11.3 Å². The van der Waals surface area contributed by atoms with Crippen molar-refractivity contribution < 1.29 is 24.2 Å². The number of carboxylic acids is 1. The zero-order valence-corrected chi connectivity index (χ0v) is 17.7. The fraction of sp³-hybridized carbons (Fsp3) is 0.409. The second-order valence-corrected chi connectivity index (χ2v) is 8.43. The Hall–Kier alpha value is -2.71. The predicted octanol–water partition coefficient (Wildman–Crippen LogP) is 3.23. The molecule has 7 nitrogen and oxygen atoms in total. The monoisotopic (exact) mass is 430 g/mol. The van der Waals surface area contributed by atoms with Crippen molar-refractivity contribution in [3.63, 3.8) is 0 Å². The summed E-state index contributed by atoms with van der Waals surface area (Å²) in [6.45, 7) is 1.64. The Labute approximate surface area is 179 Å². The molecule has 1 aromatic carbocycles. The normalized spacial score (nSPS) is 15.3. The van der Waals surface area contributed by atoms with Gasteiger partial charge in [-0.25, -0.2) is 4.79 Å². The summed E-state index contributed by atoms with van der Waals surface area (Å²) < 4.78 is 4.86. The largest absolute Gasteiger partial charge is 0.480 e. The van der Waals surface area contributed by atoms with Gasteiger partial charge in [-0.15, -0.1) is 11.3 Å². The zero-order valence-electron chi connectivity index (χ0n) is 16.9. The van der Waals surface area contributed by atoms with Gasteiger partial charge in [0.25, 0.3) is 11.8 Å². The molecule has 3 rings (SSSR count). The Morgan fingerprint density at radius 2 is 1.97 bits per heavy atom. The van der Waals surface area contributed by atoms with E-state index in [1.807, 2.05) is 30.3 Å². The van der Waals surface area contributed by atoms with Crippen LogP contribution in [0.4, 0.5) is 5.00 Å². The molecule has 3 N–H and O–H groups in total. The van der Waals surface area contributed by atoms with E-state index in [4.69, 9.17) is 9.84 Å². The molecule has 0 aliphatic heterocycles. The number of rotatable bonds is 9. The maximum atomic E-state index is 13.0. The number of anilines is 1. The van der Waals surface area contributed by atoms with E-state index in [1.54, 1.807) is 0 Å². The summed E-state index contributed by atoms with van der Waals surface area (Å²) in [5.41, 5.74) is 2.53. The van der Waals surface area contributed by atoms with Crippen LogP contribution in [0, 0.1) is 5.92 Å². The highest BCUT2D eigenvalue weighted by atomic mass is 32.1. The summed E-state index contributed by atoms with van der Waals surface area (Å²) in [5, 5.41) is 14.9. The third kappa shape index (κ3) is 5.67. The first-order valence-electron chi connectivity index (χ1n) is 10.0. The standard InChI is InChI=1S/C22H26N2O5S/c1-2-14-8-9-16-17(10-14)30-22(24-18(25)12-29-13-19(26)27)20(16)21(28)23-11-15-6-4-3-5-7-15/h3-7,14H,2,8-13H2,1H3,(H,23,28)(H,24,25)(H,26,27). The van der Waals surface area contributed by atoms with E-state index in [2.05, 4.69) is 17.6 Å². The SMILES string of the molecule is CCC1CCc2c(sc(NC(=O)COCC(=O)O)c2C(=O)NCc2ccccc2)C1. The van der Waals surface area contributed by atoms with Crippen LogP contribution in [0.1, 0.15) is 46.1 Å². The molecule has 8 heteroatoms. The third-order valence-corrected chi connectivity index (χ3v) is 6.35. The molecule has 2 aromatic rings. The van der Waals surface area contributed by atoms with Crippen molar-refractivity contribution in [3.05, 3.63) is 51.9 Å². The first-order valence-corrected chi connectivity index (χ1v) is 10.9. The molecule has 0 saturated carbocycles. The lowest BCUT2D eigenvalue weighted by Gasteiger charge is -2.21. The van der Waals surface area contributed by atoms with Gasteiger partial charge in [0.05, 0.1) is 5.56 Å². The van der Waals surface area contributed by atoms with Gasteiger partial charge in [-0.05, 0) is 36.3 Å². The molecule has 0 fully saturated rings. The summed E-state index contributed by atoms with van der Waals surface area (Å²) in [7, 11) is 0. The number of carbonyl (C=O) groups excluding carboxylic acids is 2. The number of amides is 2. The van der Waals surface area contributed by atoms with Crippen LogP contribution in [0.2, 0.25) is 0 Å². The highest BCUT2D eigenvalue weighted by Crippen LogP contribution is 2.40. The molecule has 30 heavy (non-hydrogen) atoms. The highest BCUT2D eigenvalue weighted by Gasteiger charge is 2.29. The van der Waals surface area contributed by atoms with Crippen molar-refractivity contribution in [3.8, 4) is 0 Å². The number of ether oxygens (including phenoxy) is 1. The van der Waals surface area contributed by atoms with Crippen molar-refractivity contribution >= 4 is 34.1 Å². The topological polar surface area (TPSA) is 105 Å². The molecule has 1 aliphatic rings. The van der Waals surface area contributed by atoms with Crippen LogP contribution in [-0.2, 0) is 33.7 Å². The number of fused-ring (bicyclic) bond motifs is 1. The zero-order chi connectivity index (χ0) is 21.5. The smallest absolute Gasteiger partial charge is 0.329 e. The van der Waals surface area contributed by atoms with Crippen LogP contribution in [0.3, 0.4) is 0 Å². The van der Waals surface area contributed by atoms with Crippen LogP contribution in [0.5, 0.6) is 0 Å². The van der Waals surface area contributed by atoms with Gasteiger partial charge in [0, 0.05) is 11.4 Å². The molecule has 160 valence electrons. The van der Waals surface area contributed by atoms with Gasteiger partial charge in [-0.2, -0.15) is 0 Å². The molecule has 1 unspecified atom stereocenters. The quantitative estimate of drug-likeness (QED) is 0.567. The van der Waals surface area contributed by atoms with Crippen LogP contribution in [-0.4, -0.2) is 36.1 Å². The van der Waals surface area contributed by atoms with Gasteiger partial charge in [0.15, 0.2) is 0 Å². The van der Waals surface area contributed by atoms with E-state index in [-0.39, 0.29) is 12.5 Å². The average Bonchev–Trinajstić information content (AvgIpc) is 3.09. The van der Waals surface area contributed by atoms with Gasteiger partial charge in [-0.3, -0.25) is 9.59 Å². The number of hydrogen-bond donors (Lipinski definition) is 3. The lowest BCUT2D eigenvalue weighted by molar-refractivity contribution is -0.143. The minimum Gasteiger partial charge on any atom is -0.480 e. The molecule has 0 spiro atoms. The number of hydrogen-bond acceptors (Lipinski definition) is 5. The van der Waals surface area contributed by atoms with E-state index in [0.717, 1.165) is 41.7 Å². The van der Waals surface area contributed by atoms with E-state index in [9.17, 15) is 14.4 Å². The number of thiophene rings is 1. The van der Waals surface area contributed by atoms with Gasteiger partial charge in [0.2, 0.25) is 0 Å². The minimum absolute atomic E-state index is 0.215. The molecular weight excluding hydrogens is 404 g/mol. The van der Waals surface area contributed by atoms with Crippen molar-refractivity contribution in [1.82, 2.24) is 5.32 Å². The highest BCUT2D eigenvalue weighted by molar-refractivity contribution is 7.17. The number of carboxylic acid groups (broad SMARTS) is 1. The van der Waals surface area contributed by atoms with Gasteiger partial charge < -0.3 is 20.5 Å². The number of aliphatic carboxylic acids is 1. The van der Waals surface area contributed by atoms with Crippen LogP contribution in [0.15, 0.2) is 30.3 Å². The predicted molar refractivity (Wildman–Crippen MR) is 115 cm³/mol. The Morgan fingerprint density at radius 3 is 2.67 bits per heavy atom. The molecule has 0 radical (unpaired) electrons.